The van der Waals surface area contributed by atoms with Gasteiger partial charge >= 0.3 is 0 Å². The molecule has 6 heteroatoms. The molecule has 2 aromatic heterocycles. The Morgan fingerprint density at radius 1 is 1.29 bits per heavy atom. The summed E-state index contributed by atoms with van der Waals surface area (Å²) in [5, 5.41) is 4.41. The van der Waals surface area contributed by atoms with Gasteiger partial charge in [-0.3, -0.25) is 0 Å². The molecular formula is C15H25N5O. The lowest BCUT2D eigenvalue weighted by molar-refractivity contribution is 0.374. The standard InChI is InChI=1S/C15H25N5O/c1-8-20-12(16)11(17-14(20)15(3,4)5)10-9(2)18-19(6)13(10)21-7/h8,16H2,1-7H3. The number of methoxy groups -OCH3 is 1. The van der Waals surface area contributed by atoms with Crippen molar-refractivity contribution in [1.29, 1.82) is 0 Å². The van der Waals surface area contributed by atoms with E-state index in [1.165, 1.54) is 0 Å². The van der Waals surface area contributed by atoms with E-state index in [9.17, 15) is 0 Å². The van der Waals surface area contributed by atoms with Crippen LogP contribution in [-0.2, 0) is 19.0 Å². The van der Waals surface area contributed by atoms with Gasteiger partial charge in [0.1, 0.15) is 17.3 Å². The van der Waals surface area contributed by atoms with Crippen molar-refractivity contribution in [3.63, 3.8) is 0 Å². The number of aromatic nitrogens is 4. The number of nitrogens with two attached hydrogens (primary N) is 1. The van der Waals surface area contributed by atoms with Gasteiger partial charge in [0, 0.05) is 19.0 Å². The highest BCUT2D eigenvalue weighted by molar-refractivity contribution is 5.77. The predicted octanol–water partition coefficient (Wildman–Crippen LogP) is 2.50. The molecule has 0 atom stereocenters. The lowest BCUT2D eigenvalue weighted by Gasteiger charge is -2.19. The van der Waals surface area contributed by atoms with Crippen LogP contribution in [0, 0.1) is 6.92 Å². The second-order valence-corrected chi connectivity index (χ2v) is 6.26. The summed E-state index contributed by atoms with van der Waals surface area (Å²) >= 11 is 0. The Bertz CT molecular complexity index is 661. The number of anilines is 1. The van der Waals surface area contributed by atoms with E-state index in [4.69, 9.17) is 15.5 Å². The van der Waals surface area contributed by atoms with E-state index >= 15 is 0 Å². The Kier molecular flexibility index (Phi) is 3.74. The molecule has 0 aliphatic carbocycles. The van der Waals surface area contributed by atoms with Crippen LogP contribution >= 0.6 is 0 Å². The molecule has 2 heterocycles. The van der Waals surface area contributed by atoms with E-state index in [-0.39, 0.29) is 5.41 Å². The van der Waals surface area contributed by atoms with E-state index < -0.39 is 0 Å². The lowest BCUT2D eigenvalue weighted by atomic mass is 9.95. The van der Waals surface area contributed by atoms with Crippen molar-refractivity contribution in [2.75, 3.05) is 12.8 Å². The van der Waals surface area contributed by atoms with Crippen molar-refractivity contribution >= 4 is 5.82 Å². The molecule has 0 aromatic carbocycles. The van der Waals surface area contributed by atoms with Gasteiger partial charge in [0.25, 0.3) is 0 Å². The van der Waals surface area contributed by atoms with Crippen LogP contribution in [0.5, 0.6) is 5.88 Å². The summed E-state index contributed by atoms with van der Waals surface area (Å²) in [5.74, 6) is 2.32. The largest absolute Gasteiger partial charge is 0.481 e. The monoisotopic (exact) mass is 291 g/mol. The molecule has 21 heavy (non-hydrogen) atoms. The van der Waals surface area contributed by atoms with Crippen LogP contribution in [0.1, 0.15) is 39.2 Å². The molecule has 0 radical (unpaired) electrons. The van der Waals surface area contributed by atoms with Crippen LogP contribution in [0.15, 0.2) is 0 Å². The third-order valence-corrected chi connectivity index (χ3v) is 3.59. The van der Waals surface area contributed by atoms with Crippen molar-refractivity contribution in [2.45, 2.75) is 46.6 Å². The SMILES string of the molecule is CCn1c(C(C)(C)C)nc(-c2c(C)nn(C)c2OC)c1N. The predicted molar refractivity (Wildman–Crippen MR) is 84.5 cm³/mol. The van der Waals surface area contributed by atoms with Crippen molar-refractivity contribution < 1.29 is 4.74 Å². The first-order valence-corrected chi connectivity index (χ1v) is 7.16. The molecule has 0 saturated carbocycles. The minimum Gasteiger partial charge on any atom is -0.481 e. The maximum Gasteiger partial charge on any atom is 0.221 e. The second kappa shape index (κ2) is 5.09. The maximum absolute atomic E-state index is 6.35. The smallest absolute Gasteiger partial charge is 0.221 e. The first kappa shape index (κ1) is 15.4. The minimum absolute atomic E-state index is 0.0776. The Labute approximate surface area is 125 Å². The van der Waals surface area contributed by atoms with Gasteiger partial charge in [-0.1, -0.05) is 20.8 Å². The number of imidazole rings is 1. The Morgan fingerprint density at radius 2 is 1.90 bits per heavy atom. The fourth-order valence-electron chi connectivity index (χ4n) is 2.69. The number of aryl methyl sites for hydroxylation is 2. The molecule has 2 aromatic rings. The highest BCUT2D eigenvalue weighted by Gasteiger charge is 2.28. The molecule has 116 valence electrons. The van der Waals surface area contributed by atoms with Gasteiger partial charge in [-0.05, 0) is 13.8 Å². The Hall–Kier alpha value is -1.98. The number of nitrogens with zero attached hydrogens (tertiary/aromatic N) is 4. The summed E-state index contributed by atoms with van der Waals surface area (Å²) < 4.78 is 9.24. The summed E-state index contributed by atoms with van der Waals surface area (Å²) in [7, 11) is 3.49. The first-order valence-electron chi connectivity index (χ1n) is 7.16. The summed E-state index contributed by atoms with van der Waals surface area (Å²) in [5.41, 5.74) is 8.76. The fourth-order valence-corrected chi connectivity index (χ4v) is 2.69. The third kappa shape index (κ3) is 2.39. The maximum atomic E-state index is 6.35. The first-order chi connectivity index (χ1) is 9.72. The number of hydrogen-bond acceptors (Lipinski definition) is 4. The van der Waals surface area contributed by atoms with Gasteiger partial charge in [0.15, 0.2) is 0 Å². The minimum atomic E-state index is -0.0776. The van der Waals surface area contributed by atoms with Crippen molar-refractivity contribution in [2.24, 2.45) is 7.05 Å². The number of hydrogen-bond donors (Lipinski definition) is 1. The van der Waals surface area contributed by atoms with Crippen LogP contribution in [-0.4, -0.2) is 26.4 Å². The lowest BCUT2D eigenvalue weighted by Crippen LogP contribution is -2.19. The number of rotatable bonds is 3. The second-order valence-electron chi connectivity index (χ2n) is 6.26. The zero-order chi connectivity index (χ0) is 15.9. The van der Waals surface area contributed by atoms with Gasteiger partial charge < -0.3 is 15.0 Å². The quantitative estimate of drug-likeness (QED) is 0.943. The van der Waals surface area contributed by atoms with E-state index in [1.807, 2.05) is 14.0 Å². The summed E-state index contributed by atoms with van der Waals surface area (Å²) in [6, 6.07) is 0. The fraction of sp³-hybridized carbons (Fsp3) is 0.600. The van der Waals surface area contributed by atoms with Gasteiger partial charge in [-0.2, -0.15) is 5.10 Å². The number of nitrogen functional groups attached to an aromatic ring is 1. The van der Waals surface area contributed by atoms with Crippen LogP contribution < -0.4 is 10.5 Å². The molecule has 0 aliphatic heterocycles. The van der Waals surface area contributed by atoms with Crippen molar-refractivity contribution in [3.8, 4) is 17.1 Å². The normalized spacial score (nSPS) is 12.0. The molecule has 0 spiro atoms. The molecule has 2 N–H and O–H groups in total. The van der Waals surface area contributed by atoms with Crippen LogP contribution in [0.3, 0.4) is 0 Å². The topological polar surface area (TPSA) is 70.9 Å². The molecule has 0 bridgehead atoms. The molecule has 0 amide bonds. The van der Waals surface area contributed by atoms with E-state index in [2.05, 4.69) is 37.4 Å². The van der Waals surface area contributed by atoms with Crippen molar-refractivity contribution in [1.82, 2.24) is 19.3 Å². The summed E-state index contributed by atoms with van der Waals surface area (Å²) in [6.45, 7) is 11.2. The Morgan fingerprint density at radius 3 is 2.33 bits per heavy atom. The van der Waals surface area contributed by atoms with E-state index in [1.54, 1.807) is 11.8 Å². The molecule has 6 nitrogen and oxygen atoms in total. The zero-order valence-corrected chi connectivity index (χ0v) is 14.0. The molecular weight excluding hydrogens is 266 g/mol. The van der Waals surface area contributed by atoms with Crippen LogP contribution in [0.4, 0.5) is 5.82 Å². The molecule has 0 unspecified atom stereocenters. The van der Waals surface area contributed by atoms with Crippen molar-refractivity contribution in [3.05, 3.63) is 11.5 Å². The molecule has 0 fully saturated rings. The van der Waals surface area contributed by atoms with Crippen LogP contribution in [0.25, 0.3) is 11.3 Å². The Balaban J connectivity index is 2.75. The average Bonchev–Trinajstić information content (AvgIpc) is 2.85. The highest BCUT2D eigenvalue weighted by Crippen LogP contribution is 2.38. The zero-order valence-electron chi connectivity index (χ0n) is 14.0. The summed E-state index contributed by atoms with van der Waals surface area (Å²) in [6.07, 6.45) is 0. The molecule has 2 rings (SSSR count). The van der Waals surface area contributed by atoms with Gasteiger partial charge in [0.2, 0.25) is 5.88 Å². The van der Waals surface area contributed by atoms with E-state index in [0.29, 0.717) is 11.7 Å². The van der Waals surface area contributed by atoms with E-state index in [0.717, 1.165) is 29.3 Å². The average molecular weight is 291 g/mol. The van der Waals surface area contributed by atoms with Gasteiger partial charge in [-0.25, -0.2) is 9.67 Å². The highest BCUT2D eigenvalue weighted by atomic mass is 16.5. The van der Waals surface area contributed by atoms with Gasteiger partial charge in [0.05, 0.1) is 18.4 Å². The molecule has 0 aliphatic rings. The summed E-state index contributed by atoms with van der Waals surface area (Å²) in [4.78, 5) is 4.81. The number of ether oxygens (including phenoxy) is 1. The van der Waals surface area contributed by atoms with Crippen LogP contribution in [0.2, 0.25) is 0 Å². The molecule has 0 saturated heterocycles. The van der Waals surface area contributed by atoms with Gasteiger partial charge in [-0.15, -0.1) is 0 Å². The third-order valence-electron chi connectivity index (χ3n) is 3.59.